The average Bonchev–Trinajstić information content (AvgIpc) is 2.90. The molecule has 0 aliphatic carbocycles. The lowest BCUT2D eigenvalue weighted by molar-refractivity contribution is 0.255. The summed E-state index contributed by atoms with van der Waals surface area (Å²) in [6, 6.07) is 20.9. The van der Waals surface area contributed by atoms with Crippen LogP contribution < -0.4 is 23.4 Å². The molecule has 0 aromatic heterocycles. The van der Waals surface area contributed by atoms with E-state index in [1.807, 2.05) is 30.0 Å². The standard InChI is InChI=1S/C31H40O5SSi/c1-31(2,3)38(7,8)36-28-23(16-17-26(33-5)29(28)34-6)25-19-35-27-18-22(32-4)14-15-24(27)30(25)37-20-21-12-10-9-11-13-21/h9-18,25,30H,19-20H2,1-8H3/t25-,30-/m0/s1. The summed E-state index contributed by atoms with van der Waals surface area (Å²) in [6.45, 7) is 11.8. The van der Waals surface area contributed by atoms with Crippen molar-refractivity contribution in [2.24, 2.45) is 0 Å². The maximum Gasteiger partial charge on any atom is 0.250 e. The van der Waals surface area contributed by atoms with Gasteiger partial charge in [-0.2, -0.15) is 0 Å². The van der Waals surface area contributed by atoms with Crippen LogP contribution in [-0.2, 0) is 5.75 Å². The summed E-state index contributed by atoms with van der Waals surface area (Å²) in [5, 5.41) is 0.163. The van der Waals surface area contributed by atoms with Crippen LogP contribution in [0.3, 0.4) is 0 Å². The third-order valence-corrected chi connectivity index (χ3v) is 13.4. The normalized spacial score (nSPS) is 17.3. The number of benzene rings is 3. The summed E-state index contributed by atoms with van der Waals surface area (Å²) >= 11 is 1.93. The number of hydrogen-bond donors (Lipinski definition) is 0. The highest BCUT2D eigenvalue weighted by Crippen LogP contribution is 2.55. The number of thioether (sulfide) groups is 1. The second-order valence-electron chi connectivity index (χ2n) is 11.1. The molecule has 1 aliphatic rings. The molecule has 0 spiro atoms. The van der Waals surface area contributed by atoms with E-state index in [0.29, 0.717) is 18.1 Å². The minimum Gasteiger partial charge on any atom is -0.541 e. The van der Waals surface area contributed by atoms with Gasteiger partial charge in [0.2, 0.25) is 5.75 Å². The second kappa shape index (κ2) is 11.5. The Morgan fingerprint density at radius 3 is 2.21 bits per heavy atom. The van der Waals surface area contributed by atoms with Crippen LogP contribution in [0.5, 0.6) is 28.7 Å². The van der Waals surface area contributed by atoms with Crippen molar-refractivity contribution in [2.75, 3.05) is 27.9 Å². The van der Waals surface area contributed by atoms with Gasteiger partial charge in [0.1, 0.15) is 11.5 Å². The molecule has 0 radical (unpaired) electrons. The van der Waals surface area contributed by atoms with Crippen molar-refractivity contribution in [2.45, 2.75) is 55.8 Å². The van der Waals surface area contributed by atoms with Gasteiger partial charge >= 0.3 is 0 Å². The Balaban J connectivity index is 1.83. The van der Waals surface area contributed by atoms with Crippen LogP contribution >= 0.6 is 11.8 Å². The van der Waals surface area contributed by atoms with E-state index in [2.05, 4.69) is 76.3 Å². The largest absolute Gasteiger partial charge is 0.541 e. The number of methoxy groups -OCH3 is 3. The highest BCUT2D eigenvalue weighted by atomic mass is 32.2. The predicted molar refractivity (Wildman–Crippen MR) is 159 cm³/mol. The van der Waals surface area contributed by atoms with Gasteiger partial charge in [-0.25, -0.2) is 0 Å². The van der Waals surface area contributed by atoms with Crippen LogP contribution in [0.1, 0.15) is 48.6 Å². The smallest absolute Gasteiger partial charge is 0.250 e. The van der Waals surface area contributed by atoms with Crippen molar-refractivity contribution in [3.63, 3.8) is 0 Å². The van der Waals surface area contributed by atoms with Crippen LogP contribution in [-0.4, -0.2) is 36.3 Å². The second-order valence-corrected chi connectivity index (χ2v) is 17.0. The molecular formula is C31H40O5SSi. The Kier molecular flexibility index (Phi) is 8.57. The molecular weight excluding hydrogens is 512 g/mol. The molecule has 0 amide bonds. The highest BCUT2D eigenvalue weighted by Gasteiger charge is 2.42. The first-order valence-electron chi connectivity index (χ1n) is 13.0. The van der Waals surface area contributed by atoms with Gasteiger partial charge in [-0.1, -0.05) is 63.2 Å². The Labute approximate surface area is 232 Å². The first kappa shape index (κ1) is 28.2. The molecule has 204 valence electrons. The van der Waals surface area contributed by atoms with Crippen LogP contribution in [0.15, 0.2) is 60.7 Å². The molecule has 0 saturated heterocycles. The van der Waals surface area contributed by atoms with Gasteiger partial charge in [0.25, 0.3) is 8.32 Å². The van der Waals surface area contributed by atoms with Gasteiger partial charge in [0.05, 0.1) is 27.9 Å². The molecule has 5 nitrogen and oxygen atoms in total. The third kappa shape index (κ3) is 5.79. The molecule has 0 fully saturated rings. The van der Waals surface area contributed by atoms with E-state index in [1.54, 1.807) is 21.3 Å². The molecule has 7 heteroatoms. The van der Waals surface area contributed by atoms with E-state index >= 15 is 0 Å². The molecule has 3 aromatic carbocycles. The molecule has 0 unspecified atom stereocenters. The van der Waals surface area contributed by atoms with Crippen molar-refractivity contribution in [1.29, 1.82) is 0 Å². The number of hydrogen-bond acceptors (Lipinski definition) is 6. The average molecular weight is 553 g/mol. The maximum absolute atomic E-state index is 7.00. The lowest BCUT2D eigenvalue weighted by atomic mass is 9.88. The van der Waals surface area contributed by atoms with Crippen LogP contribution in [0.25, 0.3) is 0 Å². The fourth-order valence-electron chi connectivity index (χ4n) is 4.42. The SMILES string of the molecule is COc1ccc2c(c1)OC[C@@H](c1ccc(OC)c(OC)c1O[Si](C)(C)C(C)(C)C)[C@H]2SCc1ccccc1. The lowest BCUT2D eigenvalue weighted by Crippen LogP contribution is -2.44. The summed E-state index contributed by atoms with van der Waals surface area (Å²) < 4.78 is 30.5. The van der Waals surface area contributed by atoms with Crippen molar-refractivity contribution in [3.05, 3.63) is 77.4 Å². The number of ether oxygens (including phenoxy) is 4. The van der Waals surface area contributed by atoms with E-state index in [1.165, 1.54) is 5.56 Å². The minimum atomic E-state index is -2.20. The molecule has 0 saturated carbocycles. The number of fused-ring (bicyclic) bond motifs is 1. The van der Waals surface area contributed by atoms with Crippen LogP contribution in [0.2, 0.25) is 18.1 Å². The third-order valence-electron chi connectivity index (χ3n) is 7.68. The zero-order valence-electron chi connectivity index (χ0n) is 23.8. The summed E-state index contributed by atoms with van der Waals surface area (Å²) in [7, 11) is 2.83. The molecule has 4 rings (SSSR count). The van der Waals surface area contributed by atoms with Gasteiger partial charge in [0, 0.05) is 34.1 Å². The Hall–Kier alpha value is -2.77. The van der Waals surface area contributed by atoms with Crippen molar-refractivity contribution < 1.29 is 23.4 Å². The summed E-state index contributed by atoms with van der Waals surface area (Å²) in [5.41, 5.74) is 3.54. The van der Waals surface area contributed by atoms with Crippen molar-refractivity contribution in [3.8, 4) is 28.7 Å². The summed E-state index contributed by atoms with van der Waals surface area (Å²) in [5.74, 6) is 4.68. The van der Waals surface area contributed by atoms with Gasteiger partial charge in [0.15, 0.2) is 11.5 Å². The lowest BCUT2D eigenvalue weighted by Gasteiger charge is -2.40. The van der Waals surface area contributed by atoms with E-state index < -0.39 is 8.32 Å². The fraction of sp³-hybridized carbons (Fsp3) is 0.419. The Bertz CT molecular complexity index is 1240. The van der Waals surface area contributed by atoms with E-state index in [4.69, 9.17) is 23.4 Å². The van der Waals surface area contributed by atoms with Crippen molar-refractivity contribution >= 4 is 20.1 Å². The number of rotatable bonds is 9. The molecule has 2 atom stereocenters. The van der Waals surface area contributed by atoms with E-state index in [-0.39, 0.29) is 16.2 Å². The summed E-state index contributed by atoms with van der Waals surface area (Å²) in [4.78, 5) is 0. The quantitative estimate of drug-likeness (QED) is 0.249. The first-order chi connectivity index (χ1) is 18.1. The molecule has 38 heavy (non-hydrogen) atoms. The van der Waals surface area contributed by atoms with Crippen LogP contribution in [0, 0.1) is 0 Å². The van der Waals surface area contributed by atoms with Gasteiger partial charge in [-0.15, -0.1) is 11.8 Å². The van der Waals surface area contributed by atoms with E-state index in [0.717, 1.165) is 34.1 Å². The predicted octanol–water partition coefficient (Wildman–Crippen LogP) is 8.25. The molecule has 0 N–H and O–H groups in total. The van der Waals surface area contributed by atoms with Crippen LogP contribution in [0.4, 0.5) is 0 Å². The minimum absolute atomic E-state index is 0.0199. The maximum atomic E-state index is 7.00. The van der Waals surface area contributed by atoms with Gasteiger partial charge in [-0.3, -0.25) is 0 Å². The highest BCUT2D eigenvalue weighted by molar-refractivity contribution is 7.98. The van der Waals surface area contributed by atoms with Crippen molar-refractivity contribution in [1.82, 2.24) is 0 Å². The summed E-state index contributed by atoms with van der Waals surface area (Å²) in [6.07, 6.45) is 0. The Morgan fingerprint density at radius 1 is 0.868 bits per heavy atom. The molecule has 1 heterocycles. The first-order valence-corrected chi connectivity index (χ1v) is 17.0. The van der Waals surface area contributed by atoms with Gasteiger partial charge in [-0.05, 0) is 35.8 Å². The molecule has 1 aliphatic heterocycles. The topological polar surface area (TPSA) is 46.2 Å². The molecule has 3 aromatic rings. The zero-order valence-corrected chi connectivity index (χ0v) is 25.6. The monoisotopic (exact) mass is 552 g/mol. The zero-order chi connectivity index (χ0) is 27.5. The Morgan fingerprint density at radius 2 is 1.58 bits per heavy atom. The van der Waals surface area contributed by atoms with Gasteiger partial charge < -0.3 is 23.4 Å². The van der Waals surface area contributed by atoms with E-state index in [9.17, 15) is 0 Å². The fourth-order valence-corrected chi connectivity index (χ4v) is 6.85. The molecule has 0 bridgehead atoms.